The summed E-state index contributed by atoms with van der Waals surface area (Å²) in [4.78, 5) is 27.7. The molecule has 25 heavy (non-hydrogen) atoms. The number of nitro benzene ring substituents is 1. The molecule has 2 aromatic carbocycles. The molecule has 0 atom stereocenters. The monoisotopic (exact) mass is 397 g/mol. The Hall–Kier alpha value is -2.80. The van der Waals surface area contributed by atoms with Gasteiger partial charge in [0.25, 0.3) is 11.2 Å². The standard InChI is InChI=1S/C18H12BrN3O3/c19-13-3-1-11(2-4-13)9-12-7-8-21-17(12)20-16-6-5-14(22(24)25)10-15(16)18(21)23/h1-6,9-10H,7-8H2. The van der Waals surface area contributed by atoms with Gasteiger partial charge in [0.05, 0.1) is 15.8 Å². The third kappa shape index (κ3) is 2.76. The van der Waals surface area contributed by atoms with Gasteiger partial charge >= 0.3 is 0 Å². The molecule has 0 N–H and O–H groups in total. The number of hydrogen-bond acceptors (Lipinski definition) is 4. The molecule has 0 saturated carbocycles. The maximum absolute atomic E-state index is 12.7. The summed E-state index contributed by atoms with van der Waals surface area (Å²) in [5.74, 6) is 0.634. The number of non-ortho nitro benzene ring substituents is 1. The van der Waals surface area contributed by atoms with Gasteiger partial charge in [-0.3, -0.25) is 19.5 Å². The molecule has 124 valence electrons. The number of nitro groups is 1. The molecule has 6 nitrogen and oxygen atoms in total. The third-order valence-corrected chi connectivity index (χ3v) is 4.78. The van der Waals surface area contributed by atoms with Crippen LogP contribution in [-0.2, 0) is 6.54 Å². The Morgan fingerprint density at radius 3 is 2.68 bits per heavy atom. The molecule has 0 fully saturated rings. The zero-order valence-corrected chi connectivity index (χ0v) is 14.6. The van der Waals surface area contributed by atoms with Crippen molar-refractivity contribution in [2.75, 3.05) is 0 Å². The predicted molar refractivity (Wildman–Crippen MR) is 99.3 cm³/mol. The van der Waals surface area contributed by atoms with Crippen molar-refractivity contribution >= 4 is 44.2 Å². The fourth-order valence-corrected chi connectivity index (χ4v) is 3.28. The van der Waals surface area contributed by atoms with E-state index in [1.807, 2.05) is 30.3 Å². The summed E-state index contributed by atoms with van der Waals surface area (Å²) in [5.41, 5.74) is 2.16. The number of rotatable bonds is 2. The smallest absolute Gasteiger partial charge is 0.270 e. The largest absolute Gasteiger partial charge is 0.292 e. The van der Waals surface area contributed by atoms with E-state index in [0.717, 1.165) is 15.6 Å². The summed E-state index contributed by atoms with van der Waals surface area (Å²) in [7, 11) is 0. The zero-order valence-electron chi connectivity index (χ0n) is 13.0. The van der Waals surface area contributed by atoms with Gasteiger partial charge in [0.2, 0.25) is 0 Å². The highest BCUT2D eigenvalue weighted by molar-refractivity contribution is 9.10. The van der Waals surface area contributed by atoms with Gasteiger partial charge in [0, 0.05) is 23.2 Å². The van der Waals surface area contributed by atoms with Crippen LogP contribution in [0.15, 0.2) is 51.7 Å². The minimum Gasteiger partial charge on any atom is -0.292 e. The van der Waals surface area contributed by atoms with Crippen LogP contribution in [0, 0.1) is 10.1 Å². The molecule has 0 amide bonds. The summed E-state index contributed by atoms with van der Waals surface area (Å²) in [6.07, 6.45) is 2.73. The molecule has 0 unspecified atom stereocenters. The molecule has 7 heteroatoms. The fraction of sp³-hybridized carbons (Fsp3) is 0.111. The van der Waals surface area contributed by atoms with Crippen LogP contribution in [0.4, 0.5) is 5.69 Å². The van der Waals surface area contributed by atoms with Gasteiger partial charge in [0.1, 0.15) is 5.82 Å². The van der Waals surface area contributed by atoms with Gasteiger partial charge in [-0.15, -0.1) is 0 Å². The second-order valence-corrected chi connectivity index (χ2v) is 6.74. The van der Waals surface area contributed by atoms with Crippen molar-refractivity contribution in [3.8, 4) is 0 Å². The van der Waals surface area contributed by atoms with Crippen molar-refractivity contribution in [3.63, 3.8) is 0 Å². The second kappa shape index (κ2) is 5.93. The third-order valence-electron chi connectivity index (χ3n) is 4.25. The molecular weight excluding hydrogens is 386 g/mol. The van der Waals surface area contributed by atoms with Crippen molar-refractivity contribution in [2.24, 2.45) is 0 Å². The number of allylic oxidation sites excluding steroid dienone is 1. The van der Waals surface area contributed by atoms with Crippen molar-refractivity contribution in [2.45, 2.75) is 13.0 Å². The lowest BCUT2D eigenvalue weighted by molar-refractivity contribution is -0.384. The molecular formula is C18H12BrN3O3. The summed E-state index contributed by atoms with van der Waals surface area (Å²) in [6, 6.07) is 12.1. The number of aromatic nitrogens is 2. The first-order valence-electron chi connectivity index (χ1n) is 7.68. The highest BCUT2D eigenvalue weighted by Gasteiger charge is 2.22. The van der Waals surface area contributed by atoms with Crippen molar-refractivity contribution in [1.29, 1.82) is 0 Å². The lowest BCUT2D eigenvalue weighted by atomic mass is 10.1. The van der Waals surface area contributed by atoms with Crippen LogP contribution in [-0.4, -0.2) is 14.5 Å². The van der Waals surface area contributed by atoms with Crippen LogP contribution >= 0.6 is 15.9 Å². The molecule has 2 heterocycles. The first-order valence-corrected chi connectivity index (χ1v) is 8.48. The van der Waals surface area contributed by atoms with E-state index in [2.05, 4.69) is 20.9 Å². The minimum absolute atomic E-state index is 0.101. The Morgan fingerprint density at radius 1 is 1.20 bits per heavy atom. The maximum atomic E-state index is 12.7. The second-order valence-electron chi connectivity index (χ2n) is 5.82. The van der Waals surface area contributed by atoms with E-state index in [1.165, 1.54) is 18.2 Å². The van der Waals surface area contributed by atoms with Gasteiger partial charge in [-0.2, -0.15) is 0 Å². The topological polar surface area (TPSA) is 78.0 Å². The summed E-state index contributed by atoms with van der Waals surface area (Å²) >= 11 is 3.41. The van der Waals surface area contributed by atoms with E-state index < -0.39 is 4.92 Å². The number of hydrogen-bond donors (Lipinski definition) is 0. The normalized spacial score (nSPS) is 14.8. The number of nitrogens with zero attached hydrogens (tertiary/aromatic N) is 3. The summed E-state index contributed by atoms with van der Waals surface area (Å²) in [5, 5.41) is 11.2. The number of fused-ring (bicyclic) bond motifs is 2. The molecule has 0 saturated heterocycles. The van der Waals surface area contributed by atoms with Gasteiger partial charge in [-0.05, 0) is 41.8 Å². The van der Waals surface area contributed by atoms with Crippen LogP contribution in [0.3, 0.4) is 0 Å². The van der Waals surface area contributed by atoms with E-state index in [-0.39, 0.29) is 16.6 Å². The Labute approximate surface area is 150 Å². The molecule has 3 aromatic rings. The van der Waals surface area contributed by atoms with Gasteiger partial charge in [-0.1, -0.05) is 28.1 Å². The highest BCUT2D eigenvalue weighted by Crippen LogP contribution is 2.28. The lowest BCUT2D eigenvalue weighted by Crippen LogP contribution is -2.20. The van der Waals surface area contributed by atoms with Crippen LogP contribution in [0.1, 0.15) is 17.8 Å². The van der Waals surface area contributed by atoms with Gasteiger partial charge in [-0.25, -0.2) is 4.98 Å². The van der Waals surface area contributed by atoms with E-state index in [9.17, 15) is 14.9 Å². The van der Waals surface area contributed by atoms with Crippen LogP contribution in [0.2, 0.25) is 0 Å². The SMILES string of the molecule is O=c1c2cc([N+](=O)[O-])ccc2nc2n1CCC2=Cc1ccc(Br)cc1. The van der Waals surface area contributed by atoms with Crippen molar-refractivity contribution in [1.82, 2.24) is 9.55 Å². The van der Waals surface area contributed by atoms with Crippen LogP contribution in [0.5, 0.6) is 0 Å². The van der Waals surface area contributed by atoms with E-state index in [0.29, 0.717) is 24.3 Å². The predicted octanol–water partition coefficient (Wildman–Crippen LogP) is 4.01. The zero-order chi connectivity index (χ0) is 17.6. The first kappa shape index (κ1) is 15.7. The molecule has 0 spiro atoms. The van der Waals surface area contributed by atoms with E-state index in [1.54, 1.807) is 4.57 Å². The first-order chi connectivity index (χ1) is 12.0. The fourth-order valence-electron chi connectivity index (χ4n) is 3.02. The highest BCUT2D eigenvalue weighted by atomic mass is 79.9. The van der Waals surface area contributed by atoms with Gasteiger partial charge < -0.3 is 0 Å². The van der Waals surface area contributed by atoms with E-state index in [4.69, 9.17) is 0 Å². The number of benzene rings is 2. The summed E-state index contributed by atoms with van der Waals surface area (Å²) < 4.78 is 2.60. The Kier molecular flexibility index (Phi) is 3.73. The lowest BCUT2D eigenvalue weighted by Gasteiger charge is -2.05. The Bertz CT molecular complexity index is 1100. The summed E-state index contributed by atoms with van der Waals surface area (Å²) in [6.45, 7) is 0.530. The van der Waals surface area contributed by atoms with E-state index >= 15 is 0 Å². The molecule has 0 bridgehead atoms. The maximum Gasteiger partial charge on any atom is 0.270 e. The Balaban J connectivity index is 1.87. The molecule has 0 aliphatic carbocycles. The number of halogens is 1. The Morgan fingerprint density at radius 2 is 1.96 bits per heavy atom. The average molecular weight is 398 g/mol. The van der Waals surface area contributed by atoms with Crippen molar-refractivity contribution in [3.05, 3.63) is 78.8 Å². The van der Waals surface area contributed by atoms with Crippen LogP contribution < -0.4 is 5.56 Å². The molecule has 1 aliphatic rings. The van der Waals surface area contributed by atoms with Crippen molar-refractivity contribution < 1.29 is 4.92 Å². The molecule has 1 aromatic heterocycles. The molecule has 0 radical (unpaired) electrons. The average Bonchev–Trinajstić information content (AvgIpc) is 3.00. The minimum atomic E-state index is -0.504. The quantitative estimate of drug-likeness (QED) is 0.483. The molecule has 1 aliphatic heterocycles. The van der Waals surface area contributed by atoms with Gasteiger partial charge in [0.15, 0.2) is 0 Å². The molecule has 4 rings (SSSR count). The van der Waals surface area contributed by atoms with Crippen LogP contribution in [0.25, 0.3) is 22.6 Å².